The van der Waals surface area contributed by atoms with Crippen LogP contribution in [-0.2, 0) is 0 Å². The molecule has 0 amide bonds. The highest BCUT2D eigenvalue weighted by Crippen LogP contribution is 2.38. The number of hydrogen-bond donors (Lipinski definition) is 2. The third-order valence-electron chi connectivity index (χ3n) is 5.66. The largest absolute Gasteiger partial charge is 0.446 e. The SMILES string of the molecule is NC1c2ccoc2N=C(c2ccc3[nH]ccc3c2)N1c1ccc(-c2cccnc2)cc1. The predicted molar refractivity (Wildman–Crippen MR) is 122 cm³/mol. The summed E-state index contributed by atoms with van der Waals surface area (Å²) in [5.74, 6) is 1.31. The maximum Gasteiger partial charge on any atom is 0.227 e. The topological polar surface area (TPSA) is 83.4 Å². The quantitative estimate of drug-likeness (QED) is 0.422. The molecule has 3 aromatic heterocycles. The van der Waals surface area contributed by atoms with Gasteiger partial charge in [0.15, 0.2) is 0 Å². The van der Waals surface area contributed by atoms with Crippen LogP contribution in [0.4, 0.5) is 11.6 Å². The molecule has 150 valence electrons. The van der Waals surface area contributed by atoms with Crippen LogP contribution in [0.3, 0.4) is 0 Å². The first kappa shape index (κ1) is 17.7. The first-order valence-corrected chi connectivity index (χ1v) is 10.1. The normalized spacial score (nSPS) is 15.7. The first-order chi connectivity index (χ1) is 15.3. The van der Waals surface area contributed by atoms with E-state index >= 15 is 0 Å². The lowest BCUT2D eigenvalue weighted by molar-refractivity contribution is 0.565. The Morgan fingerprint density at radius 1 is 0.935 bits per heavy atom. The number of aromatic amines is 1. The van der Waals surface area contributed by atoms with Gasteiger partial charge in [0.05, 0.1) is 11.8 Å². The van der Waals surface area contributed by atoms with E-state index in [4.69, 9.17) is 15.1 Å². The molecule has 0 spiro atoms. The number of nitrogens with zero attached hydrogens (tertiary/aromatic N) is 3. The number of amidine groups is 1. The minimum atomic E-state index is -0.410. The third kappa shape index (κ3) is 2.93. The van der Waals surface area contributed by atoms with Crippen molar-refractivity contribution in [3.05, 3.63) is 103 Å². The summed E-state index contributed by atoms with van der Waals surface area (Å²) in [6.07, 6.45) is 6.79. The number of nitrogens with one attached hydrogen (secondary N) is 1. The third-order valence-corrected chi connectivity index (χ3v) is 5.66. The first-order valence-electron chi connectivity index (χ1n) is 10.1. The summed E-state index contributed by atoms with van der Waals surface area (Å²) in [7, 11) is 0. The van der Waals surface area contributed by atoms with E-state index in [1.807, 2.05) is 36.7 Å². The zero-order valence-corrected chi connectivity index (χ0v) is 16.6. The van der Waals surface area contributed by atoms with Crippen molar-refractivity contribution in [1.29, 1.82) is 0 Å². The van der Waals surface area contributed by atoms with Crippen molar-refractivity contribution in [2.75, 3.05) is 4.90 Å². The molecule has 5 aromatic rings. The molecule has 0 bridgehead atoms. The van der Waals surface area contributed by atoms with Gasteiger partial charge in [-0.25, -0.2) is 0 Å². The number of hydrogen-bond acceptors (Lipinski definition) is 5. The predicted octanol–water partition coefficient (Wildman–Crippen LogP) is 5.38. The molecule has 0 fully saturated rings. The smallest absolute Gasteiger partial charge is 0.227 e. The molecule has 1 atom stereocenters. The standard InChI is InChI=1S/C25H19N5O/c26-23-21-10-13-31-25(21)29-24(18-5-8-22-17(14-18)9-12-28-22)30(23)20-6-3-16(4-7-20)19-2-1-11-27-15-19/h1-15,23,28H,26H2. The lowest BCUT2D eigenvalue weighted by atomic mass is 10.0. The number of aromatic nitrogens is 2. The molecule has 0 radical (unpaired) electrons. The number of H-pyrrole nitrogens is 1. The van der Waals surface area contributed by atoms with Gasteiger partial charge in [-0.1, -0.05) is 18.2 Å². The molecule has 4 heterocycles. The van der Waals surface area contributed by atoms with E-state index in [9.17, 15) is 0 Å². The highest BCUT2D eigenvalue weighted by Gasteiger charge is 2.31. The Hall–Kier alpha value is -4.16. The van der Waals surface area contributed by atoms with E-state index in [0.717, 1.165) is 44.7 Å². The van der Waals surface area contributed by atoms with E-state index in [0.29, 0.717) is 5.88 Å². The fraction of sp³-hybridized carbons (Fsp3) is 0.0400. The Morgan fingerprint density at radius 2 is 1.81 bits per heavy atom. The molecule has 31 heavy (non-hydrogen) atoms. The van der Waals surface area contributed by atoms with Gasteiger partial charge < -0.3 is 20.0 Å². The molecule has 3 N–H and O–H groups in total. The number of aliphatic imine (C=N–C) groups is 1. The number of benzene rings is 2. The number of furan rings is 1. The summed E-state index contributed by atoms with van der Waals surface area (Å²) in [5, 5.41) is 1.12. The average molecular weight is 405 g/mol. The van der Waals surface area contributed by atoms with Crippen LogP contribution in [0.15, 0.2) is 101 Å². The van der Waals surface area contributed by atoms with Crippen LogP contribution in [0.25, 0.3) is 22.0 Å². The van der Waals surface area contributed by atoms with Crippen molar-refractivity contribution in [2.24, 2.45) is 10.7 Å². The van der Waals surface area contributed by atoms with Crippen LogP contribution in [-0.4, -0.2) is 15.8 Å². The lowest BCUT2D eigenvalue weighted by Gasteiger charge is -2.34. The molecule has 0 aliphatic carbocycles. The second-order valence-electron chi connectivity index (χ2n) is 7.50. The van der Waals surface area contributed by atoms with Gasteiger partial charge in [-0.15, -0.1) is 0 Å². The van der Waals surface area contributed by atoms with Crippen LogP contribution >= 0.6 is 0 Å². The van der Waals surface area contributed by atoms with Crippen molar-refractivity contribution in [3.63, 3.8) is 0 Å². The molecule has 6 heteroatoms. The fourth-order valence-electron chi connectivity index (χ4n) is 4.07. The molecular weight excluding hydrogens is 386 g/mol. The monoisotopic (exact) mass is 405 g/mol. The van der Waals surface area contributed by atoms with Crippen LogP contribution in [0.5, 0.6) is 0 Å². The van der Waals surface area contributed by atoms with Crippen molar-refractivity contribution < 1.29 is 4.42 Å². The molecular formula is C25H19N5O. The number of pyridine rings is 1. The van der Waals surface area contributed by atoms with E-state index in [-0.39, 0.29) is 0 Å². The van der Waals surface area contributed by atoms with Crippen LogP contribution < -0.4 is 10.6 Å². The van der Waals surface area contributed by atoms with E-state index in [2.05, 4.69) is 57.3 Å². The molecule has 6 rings (SSSR count). The Bertz CT molecular complexity index is 1400. The molecule has 2 aromatic carbocycles. The van der Waals surface area contributed by atoms with Crippen molar-refractivity contribution >= 4 is 28.3 Å². The average Bonchev–Trinajstić information content (AvgIpc) is 3.49. The Labute approximate surface area is 178 Å². The van der Waals surface area contributed by atoms with E-state index in [1.165, 1.54) is 0 Å². The maximum atomic E-state index is 6.71. The number of rotatable bonds is 3. The van der Waals surface area contributed by atoms with Crippen LogP contribution in [0.1, 0.15) is 17.3 Å². The van der Waals surface area contributed by atoms with Gasteiger partial charge in [0.25, 0.3) is 0 Å². The summed E-state index contributed by atoms with van der Waals surface area (Å²) >= 11 is 0. The van der Waals surface area contributed by atoms with Gasteiger partial charge in [-0.05, 0) is 59.7 Å². The number of fused-ring (bicyclic) bond motifs is 2. The highest BCUT2D eigenvalue weighted by atomic mass is 16.3. The number of anilines is 1. The zero-order valence-electron chi connectivity index (χ0n) is 16.6. The molecule has 6 nitrogen and oxygen atoms in total. The summed E-state index contributed by atoms with van der Waals surface area (Å²) in [4.78, 5) is 14.3. The minimum absolute atomic E-state index is 0.410. The summed E-state index contributed by atoms with van der Waals surface area (Å²) < 4.78 is 5.60. The maximum absolute atomic E-state index is 6.71. The summed E-state index contributed by atoms with van der Waals surface area (Å²) in [6, 6.07) is 22.4. The van der Waals surface area contributed by atoms with Crippen molar-refractivity contribution in [2.45, 2.75) is 6.17 Å². The molecule has 1 unspecified atom stereocenters. The second-order valence-corrected chi connectivity index (χ2v) is 7.50. The van der Waals surface area contributed by atoms with Crippen molar-refractivity contribution in [3.8, 4) is 11.1 Å². The van der Waals surface area contributed by atoms with Gasteiger partial charge in [0.1, 0.15) is 12.0 Å². The van der Waals surface area contributed by atoms with Crippen molar-refractivity contribution in [1.82, 2.24) is 9.97 Å². The molecule has 0 saturated heterocycles. The molecule has 1 aliphatic heterocycles. The van der Waals surface area contributed by atoms with E-state index in [1.54, 1.807) is 12.5 Å². The highest BCUT2D eigenvalue weighted by molar-refractivity contribution is 6.13. The molecule has 1 aliphatic rings. The Morgan fingerprint density at radius 3 is 2.65 bits per heavy atom. The van der Waals surface area contributed by atoms with Gasteiger partial charge in [-0.2, -0.15) is 4.99 Å². The molecule has 0 saturated carbocycles. The van der Waals surface area contributed by atoms with Crippen LogP contribution in [0.2, 0.25) is 0 Å². The lowest BCUT2D eigenvalue weighted by Crippen LogP contribution is -2.41. The summed E-state index contributed by atoms with van der Waals surface area (Å²) in [5.41, 5.74) is 12.7. The van der Waals surface area contributed by atoms with Gasteiger partial charge >= 0.3 is 0 Å². The summed E-state index contributed by atoms with van der Waals surface area (Å²) in [6.45, 7) is 0. The van der Waals surface area contributed by atoms with Crippen LogP contribution in [0, 0.1) is 0 Å². The fourth-order valence-corrected chi connectivity index (χ4v) is 4.07. The van der Waals surface area contributed by atoms with E-state index < -0.39 is 6.17 Å². The Kier molecular flexibility index (Phi) is 3.97. The van der Waals surface area contributed by atoms with Gasteiger partial charge in [-0.3, -0.25) is 4.98 Å². The zero-order chi connectivity index (χ0) is 20.8. The number of nitrogens with two attached hydrogens (primary N) is 1. The van der Waals surface area contributed by atoms with Gasteiger partial charge in [0.2, 0.25) is 5.88 Å². The Balaban J connectivity index is 1.46. The van der Waals surface area contributed by atoms with Gasteiger partial charge in [0, 0.05) is 40.7 Å². The second kappa shape index (κ2) is 6.97. The minimum Gasteiger partial charge on any atom is -0.446 e.